The van der Waals surface area contributed by atoms with Crippen LogP contribution >= 0.6 is 0 Å². The molecule has 0 aliphatic carbocycles. The van der Waals surface area contributed by atoms with Gasteiger partial charge in [-0.2, -0.15) is 0 Å². The molecule has 8 aromatic rings. The molecule has 2 heteroatoms. The third-order valence-electron chi connectivity index (χ3n) is 7.73. The van der Waals surface area contributed by atoms with Gasteiger partial charge in [0.15, 0.2) is 0 Å². The van der Waals surface area contributed by atoms with Gasteiger partial charge in [0.2, 0.25) is 0 Å². The summed E-state index contributed by atoms with van der Waals surface area (Å²) < 4.78 is 2.40. The van der Waals surface area contributed by atoms with Gasteiger partial charge < -0.3 is 9.55 Å². The molecule has 2 heterocycles. The first-order valence-corrected chi connectivity index (χ1v) is 13.0. The highest BCUT2D eigenvalue weighted by Crippen LogP contribution is 2.40. The first kappa shape index (κ1) is 21.0. The molecule has 1 N–H and O–H groups in total. The van der Waals surface area contributed by atoms with Crippen LogP contribution in [0.3, 0.4) is 0 Å². The molecule has 8 rings (SSSR count). The van der Waals surface area contributed by atoms with Crippen molar-refractivity contribution in [2.24, 2.45) is 0 Å². The Morgan fingerprint density at radius 2 is 1.03 bits per heavy atom. The lowest BCUT2D eigenvalue weighted by Crippen LogP contribution is -1.93. The number of hydrogen-bond donors (Lipinski definition) is 1. The normalized spacial score (nSPS) is 11.7. The number of para-hydroxylation sites is 1. The van der Waals surface area contributed by atoms with Crippen LogP contribution in [-0.2, 0) is 0 Å². The zero-order valence-corrected chi connectivity index (χ0v) is 20.7. The zero-order valence-electron chi connectivity index (χ0n) is 20.7. The fraction of sp³-hybridized carbons (Fsp3) is 0. The maximum absolute atomic E-state index is 3.79. The summed E-state index contributed by atoms with van der Waals surface area (Å²) >= 11 is 0. The van der Waals surface area contributed by atoms with Gasteiger partial charge in [-0.25, -0.2) is 0 Å². The fourth-order valence-corrected chi connectivity index (χ4v) is 5.95. The monoisotopic (exact) mass is 484 g/mol. The number of nitrogens with one attached hydrogen (secondary N) is 1. The van der Waals surface area contributed by atoms with Gasteiger partial charge in [0, 0.05) is 32.7 Å². The van der Waals surface area contributed by atoms with Crippen LogP contribution in [0.4, 0.5) is 0 Å². The number of aromatic amines is 1. The van der Waals surface area contributed by atoms with Crippen molar-refractivity contribution in [1.29, 1.82) is 0 Å². The van der Waals surface area contributed by atoms with Gasteiger partial charge in [-0.05, 0) is 58.7 Å². The summed E-state index contributed by atoms with van der Waals surface area (Å²) in [6.45, 7) is 0. The van der Waals surface area contributed by atoms with Gasteiger partial charge in [0.1, 0.15) is 0 Å². The summed E-state index contributed by atoms with van der Waals surface area (Å²) in [5.41, 5.74) is 10.9. The van der Waals surface area contributed by atoms with Crippen molar-refractivity contribution >= 4 is 43.6 Å². The van der Waals surface area contributed by atoms with Gasteiger partial charge in [0.25, 0.3) is 0 Å². The lowest BCUT2D eigenvalue weighted by Gasteiger charge is -2.09. The number of H-pyrrole nitrogens is 1. The van der Waals surface area contributed by atoms with Gasteiger partial charge >= 0.3 is 0 Å². The van der Waals surface area contributed by atoms with Crippen LogP contribution in [0.2, 0.25) is 0 Å². The number of nitrogens with zero attached hydrogens (tertiary/aromatic N) is 1. The average molecular weight is 485 g/mol. The van der Waals surface area contributed by atoms with Crippen molar-refractivity contribution in [3.05, 3.63) is 140 Å². The molecule has 0 aliphatic heterocycles. The molecule has 0 unspecified atom stereocenters. The molecule has 0 spiro atoms. The van der Waals surface area contributed by atoms with E-state index in [9.17, 15) is 0 Å². The molecular formula is C36H24N2. The fourth-order valence-electron chi connectivity index (χ4n) is 5.95. The Labute approximate surface area is 220 Å². The average Bonchev–Trinajstić information content (AvgIpc) is 3.53. The van der Waals surface area contributed by atoms with E-state index in [-0.39, 0.29) is 0 Å². The van der Waals surface area contributed by atoms with E-state index in [0.29, 0.717) is 0 Å². The van der Waals surface area contributed by atoms with E-state index in [0.717, 1.165) is 5.52 Å². The Balaban J connectivity index is 1.46. The Bertz CT molecular complexity index is 2100. The van der Waals surface area contributed by atoms with E-state index < -0.39 is 0 Å². The Kier molecular flexibility index (Phi) is 4.55. The standard InChI is InChI=1S/C36H24N2/c1-4-10-24(11-5-1)26-17-20-32-31(22-26)29-19-21-33-35(36(29)37-32)30-18-16-27(25-12-6-2-7-13-25)23-34(30)38(33)28-14-8-3-9-15-28/h1-23,37H. The van der Waals surface area contributed by atoms with Crippen LogP contribution in [0.5, 0.6) is 0 Å². The van der Waals surface area contributed by atoms with E-state index in [1.807, 2.05) is 0 Å². The van der Waals surface area contributed by atoms with Gasteiger partial charge in [-0.15, -0.1) is 0 Å². The quantitative estimate of drug-likeness (QED) is 0.258. The van der Waals surface area contributed by atoms with Crippen molar-refractivity contribution in [3.8, 4) is 27.9 Å². The van der Waals surface area contributed by atoms with Gasteiger partial charge in [-0.1, -0.05) is 103 Å². The van der Waals surface area contributed by atoms with Gasteiger partial charge in [-0.3, -0.25) is 0 Å². The van der Waals surface area contributed by atoms with Crippen LogP contribution in [0.1, 0.15) is 0 Å². The van der Waals surface area contributed by atoms with Crippen LogP contribution in [0.15, 0.2) is 140 Å². The summed E-state index contributed by atoms with van der Waals surface area (Å²) in [5, 5.41) is 5.02. The smallest absolute Gasteiger partial charge is 0.0566 e. The molecule has 0 aliphatic rings. The van der Waals surface area contributed by atoms with E-state index >= 15 is 0 Å². The summed E-state index contributed by atoms with van der Waals surface area (Å²) in [5.74, 6) is 0. The number of hydrogen-bond acceptors (Lipinski definition) is 0. The van der Waals surface area contributed by atoms with E-state index in [2.05, 4.69) is 149 Å². The minimum atomic E-state index is 1.16. The molecule has 0 saturated heterocycles. The zero-order chi connectivity index (χ0) is 25.1. The lowest BCUT2D eigenvalue weighted by molar-refractivity contribution is 1.18. The van der Waals surface area contributed by atoms with E-state index in [1.165, 1.54) is 66.0 Å². The number of rotatable bonds is 3. The second-order valence-electron chi connectivity index (χ2n) is 9.90. The Morgan fingerprint density at radius 3 is 1.74 bits per heavy atom. The number of aromatic nitrogens is 2. The van der Waals surface area contributed by atoms with E-state index in [1.54, 1.807) is 0 Å². The van der Waals surface area contributed by atoms with Crippen molar-refractivity contribution in [2.75, 3.05) is 0 Å². The number of fused-ring (bicyclic) bond motifs is 7. The van der Waals surface area contributed by atoms with Crippen molar-refractivity contribution in [1.82, 2.24) is 9.55 Å². The number of benzene rings is 6. The maximum Gasteiger partial charge on any atom is 0.0566 e. The van der Waals surface area contributed by atoms with Crippen LogP contribution in [0, 0.1) is 0 Å². The van der Waals surface area contributed by atoms with Crippen LogP contribution in [0.25, 0.3) is 71.6 Å². The molecule has 2 nitrogen and oxygen atoms in total. The highest BCUT2D eigenvalue weighted by atomic mass is 15.0. The molecule has 0 amide bonds. The minimum absolute atomic E-state index is 1.16. The largest absolute Gasteiger partial charge is 0.354 e. The third kappa shape index (κ3) is 3.14. The molecule has 0 bridgehead atoms. The van der Waals surface area contributed by atoms with Gasteiger partial charge in [0.05, 0.1) is 16.6 Å². The SMILES string of the molecule is c1ccc(-c2ccc3[nH]c4c(ccc5c4c4ccc(-c6ccccc6)cc4n5-c4ccccc4)c3c2)cc1. The summed E-state index contributed by atoms with van der Waals surface area (Å²) in [4.78, 5) is 3.79. The molecule has 0 saturated carbocycles. The molecule has 0 radical (unpaired) electrons. The maximum atomic E-state index is 3.79. The Morgan fingerprint density at radius 1 is 0.421 bits per heavy atom. The molecule has 6 aromatic carbocycles. The predicted molar refractivity (Wildman–Crippen MR) is 161 cm³/mol. The first-order valence-electron chi connectivity index (χ1n) is 13.0. The first-order chi connectivity index (χ1) is 18.8. The summed E-state index contributed by atoms with van der Waals surface area (Å²) in [6, 6.07) is 50.1. The van der Waals surface area contributed by atoms with Crippen LogP contribution < -0.4 is 0 Å². The molecule has 2 aromatic heterocycles. The van der Waals surface area contributed by atoms with E-state index in [4.69, 9.17) is 0 Å². The highest BCUT2D eigenvalue weighted by Gasteiger charge is 2.18. The van der Waals surface area contributed by atoms with Crippen molar-refractivity contribution in [2.45, 2.75) is 0 Å². The topological polar surface area (TPSA) is 20.7 Å². The van der Waals surface area contributed by atoms with Crippen molar-refractivity contribution in [3.63, 3.8) is 0 Å². The minimum Gasteiger partial charge on any atom is -0.354 e. The molecule has 0 fully saturated rings. The molecular weight excluding hydrogens is 460 g/mol. The highest BCUT2D eigenvalue weighted by molar-refractivity contribution is 6.25. The molecule has 178 valence electrons. The second kappa shape index (κ2) is 8.22. The van der Waals surface area contributed by atoms with Crippen molar-refractivity contribution < 1.29 is 0 Å². The predicted octanol–water partition coefficient (Wildman–Crippen LogP) is 9.75. The summed E-state index contributed by atoms with van der Waals surface area (Å²) in [7, 11) is 0. The second-order valence-corrected chi connectivity index (χ2v) is 9.90. The summed E-state index contributed by atoms with van der Waals surface area (Å²) in [6.07, 6.45) is 0. The third-order valence-corrected chi connectivity index (χ3v) is 7.73. The molecule has 0 atom stereocenters. The van der Waals surface area contributed by atoms with Crippen LogP contribution in [-0.4, -0.2) is 9.55 Å². The molecule has 38 heavy (non-hydrogen) atoms. The lowest BCUT2D eigenvalue weighted by atomic mass is 10.0. The Hall–Kier alpha value is -5.08.